The molecule has 182 valence electrons. The van der Waals surface area contributed by atoms with Crippen molar-refractivity contribution in [1.29, 1.82) is 0 Å². The number of aromatic nitrogens is 2. The first-order chi connectivity index (χ1) is 16.7. The molecule has 4 N–H and O–H groups in total. The molecule has 0 aliphatic heterocycles. The molecule has 0 bridgehead atoms. The lowest BCUT2D eigenvalue weighted by Crippen LogP contribution is -2.22. The Morgan fingerprint density at radius 1 is 1.11 bits per heavy atom. The van der Waals surface area contributed by atoms with Crippen LogP contribution in [-0.2, 0) is 6.18 Å². The van der Waals surface area contributed by atoms with Gasteiger partial charge in [-0.1, -0.05) is 18.2 Å². The summed E-state index contributed by atoms with van der Waals surface area (Å²) >= 11 is 0. The highest BCUT2D eigenvalue weighted by Crippen LogP contribution is 2.37. The molecule has 11 heteroatoms. The van der Waals surface area contributed by atoms with Crippen molar-refractivity contribution in [2.24, 2.45) is 0 Å². The summed E-state index contributed by atoms with van der Waals surface area (Å²) in [6.45, 7) is -0.712. The third-order valence-corrected chi connectivity index (χ3v) is 5.08. The highest BCUT2D eigenvalue weighted by molar-refractivity contribution is 6.12. The van der Waals surface area contributed by atoms with Gasteiger partial charge in [0.15, 0.2) is 0 Å². The Morgan fingerprint density at radius 2 is 1.89 bits per heavy atom. The van der Waals surface area contributed by atoms with E-state index in [1.165, 1.54) is 18.2 Å². The number of aromatic amines is 1. The zero-order valence-electron chi connectivity index (χ0n) is 17.9. The van der Waals surface area contributed by atoms with E-state index in [0.717, 1.165) is 6.07 Å². The SMILES string of the molecule is O=C(Nc1ccccc1OCC(O)CO)c1cccc2[nH]c(-c3cc(F)ccc3C(F)(F)F)nc12. The van der Waals surface area contributed by atoms with Crippen molar-refractivity contribution in [1.82, 2.24) is 9.97 Å². The molecule has 1 aromatic heterocycles. The van der Waals surface area contributed by atoms with Gasteiger partial charge >= 0.3 is 6.18 Å². The summed E-state index contributed by atoms with van der Waals surface area (Å²) in [4.78, 5) is 20.0. The van der Waals surface area contributed by atoms with E-state index in [-0.39, 0.29) is 40.5 Å². The first kappa shape index (κ1) is 24.2. The van der Waals surface area contributed by atoms with Crippen LogP contribution in [0, 0.1) is 5.82 Å². The molecule has 1 amide bonds. The zero-order chi connectivity index (χ0) is 25.2. The third kappa shape index (κ3) is 5.26. The number of amides is 1. The molecule has 35 heavy (non-hydrogen) atoms. The molecule has 4 aromatic rings. The van der Waals surface area contributed by atoms with Gasteiger partial charge in [-0.15, -0.1) is 0 Å². The smallest absolute Gasteiger partial charge is 0.417 e. The lowest BCUT2D eigenvalue weighted by Gasteiger charge is -2.14. The molecule has 0 aliphatic carbocycles. The fraction of sp³-hybridized carbons (Fsp3) is 0.167. The van der Waals surface area contributed by atoms with Crippen molar-refractivity contribution >= 4 is 22.6 Å². The Labute approximate surface area is 196 Å². The number of nitrogens with one attached hydrogen (secondary N) is 2. The van der Waals surface area contributed by atoms with Gasteiger partial charge in [-0.2, -0.15) is 13.2 Å². The third-order valence-electron chi connectivity index (χ3n) is 5.08. The number of para-hydroxylation sites is 3. The van der Waals surface area contributed by atoms with Crippen molar-refractivity contribution < 1.29 is 37.3 Å². The minimum Gasteiger partial charge on any atom is -0.489 e. The van der Waals surface area contributed by atoms with Gasteiger partial charge in [-0.05, 0) is 42.5 Å². The summed E-state index contributed by atoms with van der Waals surface area (Å²) < 4.78 is 59.7. The minimum atomic E-state index is -4.74. The van der Waals surface area contributed by atoms with Crippen LogP contribution in [0.4, 0.5) is 23.2 Å². The van der Waals surface area contributed by atoms with Crippen LogP contribution in [0.2, 0.25) is 0 Å². The first-order valence-corrected chi connectivity index (χ1v) is 10.4. The van der Waals surface area contributed by atoms with Crippen molar-refractivity contribution in [3.63, 3.8) is 0 Å². The number of ether oxygens (including phenoxy) is 1. The van der Waals surface area contributed by atoms with Crippen LogP contribution in [0.3, 0.4) is 0 Å². The molecule has 0 radical (unpaired) electrons. The Bertz CT molecular complexity index is 1370. The maximum absolute atomic E-state index is 13.8. The number of aliphatic hydroxyl groups is 2. The van der Waals surface area contributed by atoms with Crippen LogP contribution in [-0.4, -0.2) is 45.4 Å². The number of carbonyl (C=O) groups excluding carboxylic acids is 1. The number of carbonyl (C=O) groups is 1. The molecule has 1 unspecified atom stereocenters. The standard InChI is InChI=1S/C24H19F4N3O4/c25-13-8-9-17(24(26,27)28)16(10-13)22-29-19-6-3-4-15(21(19)31-22)23(34)30-18-5-1-2-7-20(18)35-12-14(33)11-32/h1-10,14,32-33H,11-12H2,(H,29,31)(H,30,34). The van der Waals surface area contributed by atoms with E-state index in [9.17, 15) is 27.5 Å². The van der Waals surface area contributed by atoms with E-state index in [2.05, 4.69) is 15.3 Å². The second-order valence-corrected chi connectivity index (χ2v) is 7.57. The van der Waals surface area contributed by atoms with E-state index in [4.69, 9.17) is 9.84 Å². The van der Waals surface area contributed by atoms with Gasteiger partial charge in [0.1, 0.15) is 35.6 Å². The maximum Gasteiger partial charge on any atom is 0.417 e. The molecule has 0 saturated heterocycles. The normalized spacial score (nSPS) is 12.5. The van der Waals surface area contributed by atoms with Gasteiger partial charge in [0.05, 0.1) is 28.9 Å². The van der Waals surface area contributed by atoms with Crippen LogP contribution in [0.1, 0.15) is 15.9 Å². The highest BCUT2D eigenvalue weighted by Gasteiger charge is 2.34. The van der Waals surface area contributed by atoms with E-state index in [0.29, 0.717) is 12.1 Å². The highest BCUT2D eigenvalue weighted by atomic mass is 19.4. The molecule has 7 nitrogen and oxygen atoms in total. The van der Waals surface area contributed by atoms with Gasteiger partial charge in [0.2, 0.25) is 0 Å². The molecule has 0 aliphatic rings. The summed E-state index contributed by atoms with van der Waals surface area (Å²) in [5.74, 6) is -1.50. The van der Waals surface area contributed by atoms with Gasteiger partial charge in [0, 0.05) is 5.56 Å². The number of aliphatic hydroxyl groups excluding tert-OH is 2. The molecular weight excluding hydrogens is 470 g/mol. The second kappa shape index (κ2) is 9.72. The molecule has 0 saturated carbocycles. The number of rotatable bonds is 7. The van der Waals surface area contributed by atoms with Gasteiger partial charge < -0.3 is 25.3 Å². The number of anilines is 1. The van der Waals surface area contributed by atoms with Gasteiger partial charge in [-0.25, -0.2) is 9.37 Å². The lowest BCUT2D eigenvalue weighted by molar-refractivity contribution is -0.137. The summed E-state index contributed by atoms with van der Waals surface area (Å²) in [5.41, 5.74) is -0.867. The Kier molecular flexibility index (Phi) is 6.72. The van der Waals surface area contributed by atoms with Crippen LogP contribution in [0.5, 0.6) is 5.75 Å². The number of halogens is 4. The van der Waals surface area contributed by atoms with E-state index in [1.54, 1.807) is 24.3 Å². The molecule has 3 aromatic carbocycles. The Morgan fingerprint density at radius 3 is 2.63 bits per heavy atom. The minimum absolute atomic E-state index is 0.0557. The number of nitrogens with zero attached hydrogens (tertiary/aromatic N) is 1. The number of H-pyrrole nitrogens is 1. The number of alkyl halides is 3. The second-order valence-electron chi connectivity index (χ2n) is 7.57. The van der Waals surface area contributed by atoms with Gasteiger partial charge in [0.25, 0.3) is 5.91 Å². The van der Waals surface area contributed by atoms with Crippen LogP contribution >= 0.6 is 0 Å². The maximum atomic E-state index is 13.8. The van der Waals surface area contributed by atoms with E-state index >= 15 is 0 Å². The molecule has 1 atom stereocenters. The summed E-state index contributed by atoms with van der Waals surface area (Å²) in [7, 11) is 0. The van der Waals surface area contributed by atoms with Crippen molar-refractivity contribution in [3.05, 3.63) is 77.6 Å². The Balaban J connectivity index is 1.68. The van der Waals surface area contributed by atoms with Gasteiger partial charge in [-0.3, -0.25) is 4.79 Å². The number of hydrogen-bond acceptors (Lipinski definition) is 5. The molecule has 4 rings (SSSR count). The average Bonchev–Trinajstić information content (AvgIpc) is 3.27. The van der Waals surface area contributed by atoms with Crippen LogP contribution in [0.15, 0.2) is 60.7 Å². The van der Waals surface area contributed by atoms with Crippen molar-refractivity contribution in [2.45, 2.75) is 12.3 Å². The zero-order valence-corrected chi connectivity index (χ0v) is 17.9. The topological polar surface area (TPSA) is 107 Å². The predicted octanol–water partition coefficient (Wildman–Crippen LogP) is 4.37. The number of fused-ring (bicyclic) bond motifs is 1. The molecule has 0 fully saturated rings. The van der Waals surface area contributed by atoms with E-state index < -0.39 is 41.7 Å². The van der Waals surface area contributed by atoms with Crippen LogP contribution < -0.4 is 10.1 Å². The van der Waals surface area contributed by atoms with E-state index in [1.807, 2.05) is 0 Å². The quantitative estimate of drug-likeness (QED) is 0.289. The lowest BCUT2D eigenvalue weighted by atomic mass is 10.1. The fourth-order valence-corrected chi connectivity index (χ4v) is 3.43. The van der Waals surface area contributed by atoms with Crippen LogP contribution in [0.25, 0.3) is 22.4 Å². The summed E-state index contributed by atoms with van der Waals surface area (Å²) in [6, 6.07) is 13.0. The number of benzene rings is 3. The predicted molar refractivity (Wildman–Crippen MR) is 119 cm³/mol. The number of imidazole rings is 1. The summed E-state index contributed by atoms with van der Waals surface area (Å²) in [6.07, 6.45) is -5.85. The Hall–Kier alpha value is -3.96. The first-order valence-electron chi connectivity index (χ1n) is 10.4. The molecule has 1 heterocycles. The molecule has 0 spiro atoms. The van der Waals surface area contributed by atoms with Crippen molar-refractivity contribution in [3.8, 4) is 17.1 Å². The van der Waals surface area contributed by atoms with Crippen molar-refractivity contribution in [2.75, 3.05) is 18.5 Å². The number of hydrogen-bond donors (Lipinski definition) is 4. The summed E-state index contributed by atoms with van der Waals surface area (Å²) in [5, 5.41) is 21.1. The fourth-order valence-electron chi connectivity index (χ4n) is 3.43. The largest absolute Gasteiger partial charge is 0.489 e. The monoisotopic (exact) mass is 489 g/mol. The average molecular weight is 489 g/mol. The molecular formula is C24H19F4N3O4.